The number of halogens is 1. The van der Waals surface area contributed by atoms with Crippen LogP contribution in [0, 0.1) is 5.82 Å². The van der Waals surface area contributed by atoms with Gasteiger partial charge < -0.3 is 4.74 Å². The highest BCUT2D eigenvalue weighted by Gasteiger charge is 2.38. The average molecular weight is 745 g/mol. The van der Waals surface area contributed by atoms with Gasteiger partial charge in [0.25, 0.3) is 0 Å². The molecule has 0 bridgehead atoms. The zero-order chi connectivity index (χ0) is 37.7. The number of thiophene rings is 1. The van der Waals surface area contributed by atoms with Crippen LogP contribution >= 0.6 is 11.3 Å². The molecule has 8 aromatic carbocycles. The van der Waals surface area contributed by atoms with Crippen LogP contribution in [0.15, 0.2) is 146 Å². The fraction of sp³-hybridized carbons (Fsp3) is 0.0816. The first kappa shape index (κ1) is 32.7. The summed E-state index contributed by atoms with van der Waals surface area (Å²) < 4.78 is 22.2. The van der Waals surface area contributed by atoms with Crippen molar-refractivity contribution < 1.29 is 9.13 Å². The molecule has 1 aliphatic rings. The van der Waals surface area contributed by atoms with Crippen molar-refractivity contribution in [3.63, 3.8) is 0 Å². The van der Waals surface area contributed by atoms with Gasteiger partial charge in [0.2, 0.25) is 5.95 Å². The Morgan fingerprint density at radius 3 is 1.88 bits per heavy atom. The van der Waals surface area contributed by atoms with E-state index >= 15 is 0 Å². The predicted octanol–water partition coefficient (Wildman–Crippen LogP) is 13.3. The fourth-order valence-corrected chi connectivity index (χ4v) is 9.79. The number of fused-ring (bicyclic) bond motifs is 11. The molecule has 0 fully saturated rings. The van der Waals surface area contributed by atoms with Gasteiger partial charge in [0.15, 0.2) is 11.6 Å². The quantitative estimate of drug-likeness (QED) is 0.168. The van der Waals surface area contributed by atoms with Crippen LogP contribution < -0.4 is 9.64 Å². The minimum atomic E-state index is -0.335. The zero-order valence-corrected chi connectivity index (χ0v) is 31.7. The van der Waals surface area contributed by atoms with E-state index in [2.05, 4.69) is 110 Å². The van der Waals surface area contributed by atoms with E-state index in [4.69, 9.17) is 19.7 Å². The summed E-state index contributed by atoms with van der Waals surface area (Å²) in [5, 5.41) is 9.77. The summed E-state index contributed by atoms with van der Waals surface area (Å²) in [6.07, 6.45) is 0. The van der Waals surface area contributed by atoms with Crippen molar-refractivity contribution in [3.05, 3.63) is 163 Å². The topological polar surface area (TPSA) is 51.1 Å². The zero-order valence-electron chi connectivity index (χ0n) is 30.8. The summed E-state index contributed by atoms with van der Waals surface area (Å²) in [6, 6.07) is 49.4. The van der Waals surface area contributed by atoms with Gasteiger partial charge in [-0.1, -0.05) is 92.7 Å². The summed E-state index contributed by atoms with van der Waals surface area (Å²) >= 11 is 1.81. The summed E-state index contributed by atoms with van der Waals surface area (Å²) in [5.74, 6) is 2.06. The van der Waals surface area contributed by atoms with Crippen molar-refractivity contribution in [2.45, 2.75) is 19.3 Å². The third-order valence-electron chi connectivity index (χ3n) is 11.4. The molecular formula is C49H33FN4OS. The van der Waals surface area contributed by atoms with Gasteiger partial charge in [0.05, 0.1) is 18.5 Å². The van der Waals surface area contributed by atoms with Gasteiger partial charge in [-0.2, -0.15) is 9.97 Å². The van der Waals surface area contributed by atoms with Crippen molar-refractivity contribution in [1.29, 1.82) is 0 Å². The molecule has 0 saturated carbocycles. The van der Waals surface area contributed by atoms with Crippen LogP contribution in [0.3, 0.4) is 0 Å². The number of nitrogens with zero attached hydrogens (tertiary/aromatic N) is 4. The highest BCUT2D eigenvalue weighted by molar-refractivity contribution is 7.26. The smallest absolute Gasteiger partial charge is 0.238 e. The first-order chi connectivity index (χ1) is 27.4. The second-order valence-electron chi connectivity index (χ2n) is 15.0. The Bertz CT molecular complexity index is 3230. The maximum atomic E-state index is 14.1. The Balaban J connectivity index is 1.19. The SMILES string of the molecule is COc1ccc2c(c1)c1ccccc1c1cc3c(cc21)sc1cc2c(cc13)C(C)(C)c1ccccc1N2c1nc(-c2ccccc2)nc(-c2ccc(F)cc2)n1. The molecule has 0 saturated heterocycles. The van der Waals surface area contributed by atoms with Crippen molar-refractivity contribution in [1.82, 2.24) is 15.0 Å². The van der Waals surface area contributed by atoms with Crippen LogP contribution in [-0.4, -0.2) is 22.1 Å². The van der Waals surface area contributed by atoms with Crippen molar-refractivity contribution in [2.75, 3.05) is 12.0 Å². The minimum Gasteiger partial charge on any atom is -0.497 e. The molecule has 56 heavy (non-hydrogen) atoms. The molecule has 11 rings (SSSR count). The molecule has 0 radical (unpaired) electrons. The number of hydrogen-bond acceptors (Lipinski definition) is 6. The molecule has 3 heterocycles. The Morgan fingerprint density at radius 2 is 1.12 bits per heavy atom. The Kier molecular flexibility index (Phi) is 7.10. The van der Waals surface area contributed by atoms with Gasteiger partial charge in [-0.15, -0.1) is 11.3 Å². The van der Waals surface area contributed by atoms with E-state index in [1.807, 2.05) is 41.7 Å². The molecule has 0 amide bonds. The molecular weight excluding hydrogens is 712 g/mol. The van der Waals surface area contributed by atoms with Crippen LogP contribution in [0.4, 0.5) is 21.7 Å². The Hall–Kier alpha value is -6.70. The van der Waals surface area contributed by atoms with Gasteiger partial charge in [-0.25, -0.2) is 9.37 Å². The molecule has 0 N–H and O–H groups in total. The van der Waals surface area contributed by atoms with Crippen LogP contribution in [0.2, 0.25) is 0 Å². The lowest BCUT2D eigenvalue weighted by Gasteiger charge is -2.41. The standard InChI is InChI=1S/C49H33FN4OS/c1-49(2)40-15-9-10-16-42(40)54(48-52-46(28-11-5-4-6-12-28)51-47(53-48)29-17-19-30(50)20-18-29)43-27-45-39(25-41(43)49)38-24-36-33-14-8-7-13-32(33)35-23-31(55-3)21-22-34(35)37(36)26-44(38)56-45/h4-27H,1-3H3. The van der Waals surface area contributed by atoms with E-state index in [1.54, 1.807) is 19.2 Å². The number of aromatic nitrogens is 3. The van der Waals surface area contributed by atoms with E-state index in [1.165, 1.54) is 75.7 Å². The molecule has 10 aromatic rings. The fourth-order valence-electron chi connectivity index (χ4n) is 8.65. The number of hydrogen-bond donors (Lipinski definition) is 0. The molecule has 0 aliphatic carbocycles. The van der Waals surface area contributed by atoms with E-state index < -0.39 is 0 Å². The molecule has 7 heteroatoms. The van der Waals surface area contributed by atoms with Gasteiger partial charge in [-0.05, 0) is 110 Å². The second kappa shape index (κ2) is 12.2. The normalized spacial score (nSPS) is 13.5. The molecule has 5 nitrogen and oxygen atoms in total. The third-order valence-corrected chi connectivity index (χ3v) is 12.6. The lowest BCUT2D eigenvalue weighted by molar-refractivity contribution is 0.415. The number of para-hydroxylation sites is 1. The summed E-state index contributed by atoms with van der Waals surface area (Å²) in [5.41, 5.74) is 5.65. The van der Waals surface area contributed by atoms with E-state index in [0.29, 0.717) is 23.2 Å². The summed E-state index contributed by atoms with van der Waals surface area (Å²) in [6.45, 7) is 4.61. The van der Waals surface area contributed by atoms with Crippen LogP contribution in [0.25, 0.3) is 75.3 Å². The number of methoxy groups -OCH3 is 1. The summed E-state index contributed by atoms with van der Waals surface area (Å²) in [7, 11) is 1.72. The van der Waals surface area contributed by atoms with Crippen molar-refractivity contribution in [2.24, 2.45) is 0 Å². The molecule has 0 unspecified atom stereocenters. The highest BCUT2D eigenvalue weighted by atomic mass is 32.1. The maximum Gasteiger partial charge on any atom is 0.238 e. The predicted molar refractivity (Wildman–Crippen MR) is 229 cm³/mol. The molecule has 0 spiro atoms. The van der Waals surface area contributed by atoms with Crippen LogP contribution in [0.1, 0.15) is 25.0 Å². The number of anilines is 3. The van der Waals surface area contributed by atoms with Gasteiger partial charge in [0.1, 0.15) is 11.6 Å². The molecule has 268 valence electrons. The van der Waals surface area contributed by atoms with E-state index in [-0.39, 0.29) is 11.2 Å². The lowest BCUT2D eigenvalue weighted by atomic mass is 9.73. The highest BCUT2D eigenvalue weighted by Crippen LogP contribution is 2.54. The first-order valence-electron chi connectivity index (χ1n) is 18.7. The lowest BCUT2D eigenvalue weighted by Crippen LogP contribution is -2.31. The number of benzene rings is 8. The monoisotopic (exact) mass is 744 g/mol. The molecule has 0 atom stereocenters. The van der Waals surface area contributed by atoms with Crippen LogP contribution in [-0.2, 0) is 5.41 Å². The van der Waals surface area contributed by atoms with Gasteiger partial charge >= 0.3 is 0 Å². The molecule has 1 aliphatic heterocycles. The number of rotatable bonds is 4. The molecule has 2 aromatic heterocycles. The second-order valence-corrected chi connectivity index (χ2v) is 16.0. The van der Waals surface area contributed by atoms with Gasteiger partial charge in [-0.3, -0.25) is 4.90 Å². The summed E-state index contributed by atoms with van der Waals surface area (Å²) in [4.78, 5) is 17.4. The largest absolute Gasteiger partial charge is 0.497 e. The van der Waals surface area contributed by atoms with Crippen molar-refractivity contribution in [3.8, 4) is 28.5 Å². The Morgan fingerprint density at radius 1 is 0.518 bits per heavy atom. The third kappa shape index (κ3) is 4.87. The minimum absolute atomic E-state index is 0.311. The average Bonchev–Trinajstić information content (AvgIpc) is 3.59. The first-order valence-corrected chi connectivity index (χ1v) is 19.5. The van der Waals surface area contributed by atoms with Crippen LogP contribution in [0.5, 0.6) is 5.75 Å². The van der Waals surface area contributed by atoms with E-state index in [0.717, 1.165) is 22.7 Å². The van der Waals surface area contributed by atoms with Gasteiger partial charge in [0, 0.05) is 36.7 Å². The number of ether oxygens (including phenoxy) is 1. The van der Waals surface area contributed by atoms with E-state index in [9.17, 15) is 4.39 Å². The maximum absolute atomic E-state index is 14.1. The Labute approximate surface area is 326 Å². The van der Waals surface area contributed by atoms with Crippen molar-refractivity contribution >= 4 is 81.1 Å².